The monoisotopic (exact) mass is 394 g/mol. The van der Waals surface area contributed by atoms with Gasteiger partial charge < -0.3 is 19.0 Å². The van der Waals surface area contributed by atoms with Crippen LogP contribution in [0.4, 0.5) is 0 Å². The van der Waals surface area contributed by atoms with Gasteiger partial charge in [-0.3, -0.25) is 4.98 Å². The molecule has 0 amide bonds. The lowest BCUT2D eigenvalue weighted by Crippen LogP contribution is -2.04. The van der Waals surface area contributed by atoms with Crippen LogP contribution in [0.25, 0.3) is 22.0 Å². The van der Waals surface area contributed by atoms with E-state index in [9.17, 15) is 0 Å². The van der Waals surface area contributed by atoms with Crippen molar-refractivity contribution in [3.05, 3.63) is 47.7 Å². The summed E-state index contributed by atoms with van der Waals surface area (Å²) in [6.45, 7) is 4.03. The van der Waals surface area contributed by atoms with E-state index in [1.807, 2.05) is 43.3 Å². The molecule has 1 aromatic heterocycles. The van der Waals surface area contributed by atoms with Crippen LogP contribution >= 0.6 is 0 Å². The molecule has 6 nitrogen and oxygen atoms in total. The fourth-order valence-electron chi connectivity index (χ4n) is 3.50. The standard InChI is InChI=1S/C23H26N2O4/c1-7-19(25-29-6)18-11-14(2)24-23-16(18)9-8-10-17(23)22-20(27-4)12-15(26-3)13-21(22)28-5/h8-13H,7H2,1-6H3. The predicted octanol–water partition coefficient (Wildman–Crippen LogP) is 5.00. The minimum Gasteiger partial charge on any atom is -0.496 e. The molecule has 6 heteroatoms. The van der Waals surface area contributed by atoms with Crippen molar-refractivity contribution in [3.63, 3.8) is 0 Å². The van der Waals surface area contributed by atoms with Crippen LogP contribution in [0.15, 0.2) is 41.6 Å². The zero-order chi connectivity index (χ0) is 21.0. The Bertz CT molecular complexity index is 1040. The van der Waals surface area contributed by atoms with Gasteiger partial charge in [-0.1, -0.05) is 30.3 Å². The number of ether oxygens (including phenoxy) is 3. The molecule has 2 aromatic carbocycles. The lowest BCUT2D eigenvalue weighted by Gasteiger charge is -2.17. The van der Waals surface area contributed by atoms with E-state index in [1.54, 1.807) is 28.4 Å². The molecule has 3 rings (SSSR count). The summed E-state index contributed by atoms with van der Waals surface area (Å²) in [6.07, 6.45) is 0.742. The molecule has 0 atom stereocenters. The molecule has 29 heavy (non-hydrogen) atoms. The molecule has 0 aliphatic carbocycles. The van der Waals surface area contributed by atoms with Crippen LogP contribution in [0.3, 0.4) is 0 Å². The van der Waals surface area contributed by atoms with Crippen LogP contribution in [-0.2, 0) is 4.84 Å². The molecule has 152 valence electrons. The van der Waals surface area contributed by atoms with Crippen molar-refractivity contribution in [3.8, 4) is 28.4 Å². The quantitative estimate of drug-likeness (QED) is 0.417. The number of oxime groups is 1. The molecule has 0 saturated carbocycles. The fourth-order valence-corrected chi connectivity index (χ4v) is 3.50. The van der Waals surface area contributed by atoms with Gasteiger partial charge in [0.1, 0.15) is 24.4 Å². The summed E-state index contributed by atoms with van der Waals surface area (Å²) in [5.41, 5.74) is 5.35. The molecule has 0 aliphatic heterocycles. The first-order valence-electron chi connectivity index (χ1n) is 9.39. The molecule has 0 N–H and O–H groups in total. The third kappa shape index (κ3) is 3.83. The summed E-state index contributed by atoms with van der Waals surface area (Å²) in [4.78, 5) is 9.91. The number of pyridine rings is 1. The van der Waals surface area contributed by atoms with Gasteiger partial charge in [-0.15, -0.1) is 0 Å². The Morgan fingerprint density at radius 1 is 0.966 bits per heavy atom. The third-order valence-corrected chi connectivity index (χ3v) is 4.80. The van der Waals surface area contributed by atoms with Gasteiger partial charge in [-0.05, 0) is 19.4 Å². The summed E-state index contributed by atoms with van der Waals surface area (Å²) in [6, 6.07) is 11.8. The highest BCUT2D eigenvalue weighted by Gasteiger charge is 2.20. The van der Waals surface area contributed by atoms with Crippen molar-refractivity contribution in [1.82, 2.24) is 4.98 Å². The number of para-hydroxylation sites is 1. The second-order valence-electron chi connectivity index (χ2n) is 6.49. The van der Waals surface area contributed by atoms with E-state index < -0.39 is 0 Å². The zero-order valence-corrected chi connectivity index (χ0v) is 17.7. The maximum Gasteiger partial charge on any atom is 0.134 e. The first-order chi connectivity index (χ1) is 14.1. The first-order valence-corrected chi connectivity index (χ1v) is 9.39. The van der Waals surface area contributed by atoms with Gasteiger partial charge >= 0.3 is 0 Å². The fraction of sp³-hybridized carbons (Fsp3) is 0.304. The summed E-state index contributed by atoms with van der Waals surface area (Å²) < 4.78 is 16.7. The SMILES string of the molecule is CCC(=NOC)c1cc(C)nc2c(-c3c(OC)cc(OC)cc3OC)cccc12. The van der Waals surface area contributed by atoms with Crippen LogP contribution in [0.1, 0.15) is 24.6 Å². The van der Waals surface area contributed by atoms with Crippen LogP contribution in [0.2, 0.25) is 0 Å². The van der Waals surface area contributed by atoms with Crippen LogP contribution in [0.5, 0.6) is 17.2 Å². The van der Waals surface area contributed by atoms with Crippen molar-refractivity contribution in [2.75, 3.05) is 28.4 Å². The predicted molar refractivity (Wildman–Crippen MR) is 115 cm³/mol. The molecule has 1 heterocycles. The molecule has 0 fully saturated rings. The lowest BCUT2D eigenvalue weighted by atomic mass is 9.95. The van der Waals surface area contributed by atoms with E-state index in [-0.39, 0.29) is 0 Å². The molecule has 0 aliphatic rings. The number of nitrogens with zero attached hydrogens (tertiary/aromatic N) is 2. The summed E-state index contributed by atoms with van der Waals surface area (Å²) >= 11 is 0. The van der Waals surface area contributed by atoms with E-state index in [4.69, 9.17) is 24.0 Å². The summed E-state index contributed by atoms with van der Waals surface area (Å²) in [7, 11) is 6.44. The van der Waals surface area contributed by atoms with Crippen molar-refractivity contribution in [2.45, 2.75) is 20.3 Å². The van der Waals surface area contributed by atoms with Crippen LogP contribution in [0, 0.1) is 6.92 Å². The lowest BCUT2D eigenvalue weighted by molar-refractivity contribution is 0.213. The number of rotatable bonds is 7. The van der Waals surface area contributed by atoms with Gasteiger partial charge in [0.05, 0.1) is 38.1 Å². The highest BCUT2D eigenvalue weighted by molar-refractivity contribution is 6.12. The Hall–Kier alpha value is -3.28. The summed E-state index contributed by atoms with van der Waals surface area (Å²) in [5.74, 6) is 1.97. The van der Waals surface area contributed by atoms with Gasteiger partial charge in [0.25, 0.3) is 0 Å². The molecular formula is C23H26N2O4. The normalized spacial score (nSPS) is 11.4. The number of hydrogen-bond acceptors (Lipinski definition) is 6. The second-order valence-corrected chi connectivity index (χ2v) is 6.49. The van der Waals surface area contributed by atoms with Crippen molar-refractivity contribution in [2.24, 2.45) is 5.16 Å². The number of aromatic nitrogens is 1. The minimum absolute atomic E-state index is 0.653. The molecular weight excluding hydrogens is 368 g/mol. The molecule has 0 bridgehead atoms. The molecule has 0 saturated heterocycles. The number of hydrogen-bond donors (Lipinski definition) is 0. The zero-order valence-electron chi connectivity index (χ0n) is 17.7. The Balaban J connectivity index is 2.39. The van der Waals surface area contributed by atoms with Gasteiger partial charge in [-0.2, -0.15) is 0 Å². The van der Waals surface area contributed by atoms with Gasteiger partial charge in [0.2, 0.25) is 0 Å². The Labute approximate surface area is 171 Å². The average molecular weight is 394 g/mol. The van der Waals surface area contributed by atoms with Crippen molar-refractivity contribution >= 4 is 16.6 Å². The Morgan fingerprint density at radius 2 is 1.66 bits per heavy atom. The minimum atomic E-state index is 0.653. The maximum absolute atomic E-state index is 5.67. The van der Waals surface area contributed by atoms with Crippen LogP contribution in [-0.4, -0.2) is 39.1 Å². The van der Waals surface area contributed by atoms with Crippen molar-refractivity contribution in [1.29, 1.82) is 0 Å². The topological polar surface area (TPSA) is 62.2 Å². The highest BCUT2D eigenvalue weighted by atomic mass is 16.6. The number of fused-ring (bicyclic) bond motifs is 1. The maximum atomic E-state index is 5.67. The molecule has 0 radical (unpaired) electrons. The highest BCUT2D eigenvalue weighted by Crippen LogP contribution is 2.44. The smallest absolute Gasteiger partial charge is 0.134 e. The van der Waals surface area contributed by atoms with Gasteiger partial charge in [0.15, 0.2) is 0 Å². The number of methoxy groups -OCH3 is 3. The number of benzene rings is 2. The van der Waals surface area contributed by atoms with E-state index in [0.717, 1.165) is 45.4 Å². The molecule has 0 unspecified atom stereocenters. The van der Waals surface area contributed by atoms with E-state index in [0.29, 0.717) is 17.2 Å². The van der Waals surface area contributed by atoms with Crippen LogP contribution < -0.4 is 14.2 Å². The largest absolute Gasteiger partial charge is 0.496 e. The van der Waals surface area contributed by atoms with E-state index in [1.165, 1.54) is 0 Å². The summed E-state index contributed by atoms with van der Waals surface area (Å²) in [5, 5.41) is 5.21. The average Bonchev–Trinajstić information content (AvgIpc) is 2.75. The second kappa shape index (κ2) is 8.82. The third-order valence-electron chi connectivity index (χ3n) is 4.80. The molecule has 0 spiro atoms. The Morgan fingerprint density at radius 3 is 2.21 bits per heavy atom. The van der Waals surface area contributed by atoms with Gasteiger partial charge in [0, 0.05) is 34.3 Å². The van der Waals surface area contributed by atoms with Gasteiger partial charge in [-0.25, -0.2) is 0 Å². The number of aryl methyl sites for hydroxylation is 1. The molecule has 3 aromatic rings. The van der Waals surface area contributed by atoms with E-state index in [2.05, 4.69) is 12.1 Å². The van der Waals surface area contributed by atoms with Crippen molar-refractivity contribution < 1.29 is 19.0 Å². The Kier molecular flexibility index (Phi) is 6.22. The van der Waals surface area contributed by atoms with E-state index >= 15 is 0 Å². The first kappa shape index (κ1) is 20.5.